The predicted octanol–water partition coefficient (Wildman–Crippen LogP) is 1.40. The van der Waals surface area contributed by atoms with E-state index in [0.717, 1.165) is 12.2 Å². The van der Waals surface area contributed by atoms with E-state index in [4.69, 9.17) is 5.11 Å². The van der Waals surface area contributed by atoms with Crippen LogP contribution in [-0.2, 0) is 0 Å². The molecule has 1 rings (SSSR count). The first-order chi connectivity index (χ1) is 6.74. The molecule has 3 heteroatoms. The Morgan fingerprint density at radius 3 is 2.50 bits per heavy atom. The SMILES string of the molecule is CCN(NCC(C)O)c1ccccc1. The van der Waals surface area contributed by atoms with E-state index in [1.807, 2.05) is 35.3 Å². The van der Waals surface area contributed by atoms with Gasteiger partial charge in [-0.25, -0.2) is 5.43 Å². The van der Waals surface area contributed by atoms with Gasteiger partial charge in [-0.3, -0.25) is 0 Å². The molecule has 0 amide bonds. The number of nitrogens with zero attached hydrogens (tertiary/aromatic N) is 1. The molecule has 1 unspecified atom stereocenters. The quantitative estimate of drug-likeness (QED) is 0.695. The van der Waals surface area contributed by atoms with Crippen LogP contribution in [0, 0.1) is 0 Å². The number of aliphatic hydroxyl groups is 1. The van der Waals surface area contributed by atoms with E-state index in [1.165, 1.54) is 0 Å². The van der Waals surface area contributed by atoms with Crippen LogP contribution in [0.15, 0.2) is 30.3 Å². The summed E-state index contributed by atoms with van der Waals surface area (Å²) < 4.78 is 0. The summed E-state index contributed by atoms with van der Waals surface area (Å²) in [5.74, 6) is 0. The van der Waals surface area contributed by atoms with E-state index >= 15 is 0 Å². The molecule has 14 heavy (non-hydrogen) atoms. The van der Waals surface area contributed by atoms with E-state index < -0.39 is 0 Å². The van der Waals surface area contributed by atoms with Crippen LogP contribution in [0.5, 0.6) is 0 Å². The third-order valence-electron chi connectivity index (χ3n) is 1.96. The molecule has 1 atom stereocenters. The standard InChI is InChI=1S/C11H18N2O/c1-3-13(12-9-10(2)14)11-7-5-4-6-8-11/h4-8,10,12,14H,3,9H2,1-2H3. The van der Waals surface area contributed by atoms with Crippen molar-refractivity contribution in [2.24, 2.45) is 0 Å². The van der Waals surface area contributed by atoms with Gasteiger partial charge in [0.1, 0.15) is 0 Å². The highest BCUT2D eigenvalue weighted by atomic mass is 16.3. The fraction of sp³-hybridized carbons (Fsp3) is 0.455. The number of hydrogen-bond acceptors (Lipinski definition) is 3. The van der Waals surface area contributed by atoms with Crippen LogP contribution in [0.25, 0.3) is 0 Å². The van der Waals surface area contributed by atoms with E-state index in [-0.39, 0.29) is 6.10 Å². The molecular weight excluding hydrogens is 176 g/mol. The Morgan fingerprint density at radius 2 is 2.00 bits per heavy atom. The Kier molecular flexibility index (Phi) is 4.43. The van der Waals surface area contributed by atoms with Gasteiger partial charge in [-0.05, 0) is 26.0 Å². The maximum atomic E-state index is 9.15. The molecule has 1 aromatic rings. The number of hydrazine groups is 1. The predicted molar refractivity (Wildman–Crippen MR) is 59.1 cm³/mol. The summed E-state index contributed by atoms with van der Waals surface area (Å²) in [6.07, 6.45) is -0.326. The molecule has 1 aromatic carbocycles. The van der Waals surface area contributed by atoms with Crippen molar-refractivity contribution in [2.45, 2.75) is 20.0 Å². The monoisotopic (exact) mass is 194 g/mol. The second-order valence-electron chi connectivity index (χ2n) is 3.29. The summed E-state index contributed by atoms with van der Waals surface area (Å²) in [6, 6.07) is 10.1. The Balaban J connectivity index is 2.54. The second kappa shape index (κ2) is 5.62. The minimum Gasteiger partial charge on any atom is -0.392 e. The highest BCUT2D eigenvalue weighted by molar-refractivity contribution is 5.44. The van der Waals surface area contributed by atoms with E-state index in [0.29, 0.717) is 6.54 Å². The maximum absolute atomic E-state index is 9.15. The number of nitrogens with one attached hydrogen (secondary N) is 1. The van der Waals surface area contributed by atoms with Gasteiger partial charge in [0.15, 0.2) is 0 Å². The van der Waals surface area contributed by atoms with Gasteiger partial charge in [-0.15, -0.1) is 0 Å². The van der Waals surface area contributed by atoms with E-state index in [2.05, 4.69) is 12.3 Å². The lowest BCUT2D eigenvalue weighted by Gasteiger charge is -2.24. The van der Waals surface area contributed by atoms with Gasteiger partial charge in [0.05, 0.1) is 11.8 Å². The van der Waals surface area contributed by atoms with Crippen molar-refractivity contribution in [2.75, 3.05) is 18.1 Å². The van der Waals surface area contributed by atoms with Crippen LogP contribution in [0.2, 0.25) is 0 Å². The molecule has 0 aliphatic heterocycles. The molecule has 0 aromatic heterocycles. The largest absolute Gasteiger partial charge is 0.392 e. The molecule has 0 spiro atoms. The van der Waals surface area contributed by atoms with E-state index in [1.54, 1.807) is 6.92 Å². The average Bonchev–Trinajstić information content (AvgIpc) is 2.20. The molecular formula is C11H18N2O. The van der Waals surface area contributed by atoms with Gasteiger partial charge >= 0.3 is 0 Å². The molecule has 3 nitrogen and oxygen atoms in total. The minimum absolute atomic E-state index is 0.326. The van der Waals surface area contributed by atoms with Gasteiger partial charge in [-0.1, -0.05) is 18.2 Å². The average molecular weight is 194 g/mol. The molecule has 0 heterocycles. The number of benzene rings is 1. The normalized spacial score (nSPS) is 12.5. The maximum Gasteiger partial charge on any atom is 0.0654 e. The van der Waals surface area contributed by atoms with Gasteiger partial charge in [0.2, 0.25) is 0 Å². The van der Waals surface area contributed by atoms with Crippen LogP contribution in [0.1, 0.15) is 13.8 Å². The van der Waals surface area contributed by atoms with Crippen LogP contribution in [0.4, 0.5) is 5.69 Å². The van der Waals surface area contributed by atoms with Gasteiger partial charge in [-0.2, -0.15) is 0 Å². The summed E-state index contributed by atoms with van der Waals surface area (Å²) in [5.41, 5.74) is 4.29. The summed E-state index contributed by atoms with van der Waals surface area (Å²) in [7, 11) is 0. The zero-order chi connectivity index (χ0) is 10.4. The Labute approximate surface area is 85.3 Å². The molecule has 0 saturated carbocycles. The molecule has 0 bridgehead atoms. The molecule has 0 aliphatic carbocycles. The van der Waals surface area contributed by atoms with Crippen molar-refractivity contribution in [3.8, 4) is 0 Å². The summed E-state index contributed by atoms with van der Waals surface area (Å²) in [4.78, 5) is 0. The van der Waals surface area contributed by atoms with Gasteiger partial charge in [0.25, 0.3) is 0 Å². The molecule has 0 aliphatic rings. The zero-order valence-corrected chi connectivity index (χ0v) is 8.77. The third kappa shape index (κ3) is 3.36. The number of aliphatic hydroxyl groups excluding tert-OH is 1. The molecule has 0 saturated heterocycles. The summed E-state index contributed by atoms with van der Waals surface area (Å²) in [5, 5.41) is 11.2. The second-order valence-corrected chi connectivity index (χ2v) is 3.29. The Hall–Kier alpha value is -1.06. The lowest BCUT2D eigenvalue weighted by Crippen LogP contribution is -2.41. The van der Waals surface area contributed by atoms with Crippen molar-refractivity contribution >= 4 is 5.69 Å². The minimum atomic E-state index is -0.326. The zero-order valence-electron chi connectivity index (χ0n) is 8.77. The van der Waals surface area contributed by atoms with Crippen molar-refractivity contribution in [1.82, 2.24) is 5.43 Å². The number of hydrogen-bond donors (Lipinski definition) is 2. The highest BCUT2D eigenvalue weighted by Gasteiger charge is 2.03. The highest BCUT2D eigenvalue weighted by Crippen LogP contribution is 2.09. The fourth-order valence-corrected chi connectivity index (χ4v) is 1.24. The van der Waals surface area contributed by atoms with Crippen molar-refractivity contribution in [1.29, 1.82) is 0 Å². The third-order valence-corrected chi connectivity index (χ3v) is 1.96. The summed E-state index contributed by atoms with van der Waals surface area (Å²) >= 11 is 0. The number of anilines is 1. The van der Waals surface area contributed by atoms with Crippen LogP contribution >= 0.6 is 0 Å². The van der Waals surface area contributed by atoms with Crippen LogP contribution in [0.3, 0.4) is 0 Å². The fourth-order valence-electron chi connectivity index (χ4n) is 1.24. The lowest BCUT2D eigenvalue weighted by molar-refractivity contribution is 0.190. The number of rotatable bonds is 5. The van der Waals surface area contributed by atoms with Crippen LogP contribution in [-0.4, -0.2) is 24.3 Å². The van der Waals surface area contributed by atoms with Gasteiger partial charge < -0.3 is 10.1 Å². The first-order valence-corrected chi connectivity index (χ1v) is 4.98. The number of para-hydroxylation sites is 1. The molecule has 78 valence electrons. The Morgan fingerprint density at radius 1 is 1.36 bits per heavy atom. The van der Waals surface area contributed by atoms with Gasteiger partial charge in [0, 0.05) is 13.1 Å². The van der Waals surface area contributed by atoms with Crippen LogP contribution < -0.4 is 10.4 Å². The topological polar surface area (TPSA) is 35.5 Å². The smallest absolute Gasteiger partial charge is 0.0654 e. The van der Waals surface area contributed by atoms with E-state index in [9.17, 15) is 0 Å². The first-order valence-electron chi connectivity index (χ1n) is 4.98. The van der Waals surface area contributed by atoms with Crippen molar-refractivity contribution in [3.63, 3.8) is 0 Å². The Bertz CT molecular complexity index is 249. The van der Waals surface area contributed by atoms with Crippen molar-refractivity contribution in [3.05, 3.63) is 30.3 Å². The summed E-state index contributed by atoms with van der Waals surface area (Å²) in [6.45, 7) is 5.29. The van der Waals surface area contributed by atoms with Crippen molar-refractivity contribution < 1.29 is 5.11 Å². The molecule has 0 fully saturated rings. The first kappa shape index (κ1) is 11.0. The molecule has 2 N–H and O–H groups in total. The lowest BCUT2D eigenvalue weighted by atomic mass is 10.3. The molecule has 0 radical (unpaired) electrons.